The number of ether oxygens (including phenoxy) is 3. The Bertz CT molecular complexity index is 923. The molecule has 0 aliphatic carbocycles. The van der Waals surface area contributed by atoms with Crippen LogP contribution in [0.4, 0.5) is 0 Å². The van der Waals surface area contributed by atoms with Crippen LogP contribution in [0.25, 0.3) is 0 Å². The zero-order chi connectivity index (χ0) is 24.3. The summed E-state index contributed by atoms with van der Waals surface area (Å²) in [6.07, 6.45) is 4.33. The van der Waals surface area contributed by atoms with Crippen molar-refractivity contribution in [3.63, 3.8) is 0 Å². The van der Waals surface area contributed by atoms with Crippen LogP contribution in [0.5, 0.6) is 23.0 Å². The van der Waals surface area contributed by atoms with E-state index in [0.717, 1.165) is 24.8 Å². The van der Waals surface area contributed by atoms with Gasteiger partial charge in [0.25, 0.3) is 0 Å². The van der Waals surface area contributed by atoms with Crippen LogP contribution in [0.15, 0.2) is 36.4 Å². The Morgan fingerprint density at radius 1 is 0.912 bits per heavy atom. The molecule has 34 heavy (non-hydrogen) atoms. The molecule has 1 atom stereocenters. The second-order valence-corrected chi connectivity index (χ2v) is 8.74. The Balaban J connectivity index is 0.00000578. The minimum absolute atomic E-state index is 0. The average Bonchev–Trinajstić information content (AvgIpc) is 2.82. The minimum Gasteiger partial charge on any atom is -0.746 e. The number of aryl methyl sites for hydroxylation is 1. The van der Waals surface area contributed by atoms with E-state index in [2.05, 4.69) is 6.92 Å². The van der Waals surface area contributed by atoms with E-state index in [1.807, 2.05) is 0 Å². The molecule has 0 heterocycles. The summed E-state index contributed by atoms with van der Waals surface area (Å²) in [7, 11) is 0.0648. The monoisotopic (exact) mass is 502 g/mol. The van der Waals surface area contributed by atoms with Crippen molar-refractivity contribution >= 4 is 13.6 Å². The number of benzene rings is 2. The van der Waals surface area contributed by atoms with Gasteiger partial charge in [0.2, 0.25) is 0 Å². The first kappa shape index (κ1) is 30.5. The van der Waals surface area contributed by atoms with Gasteiger partial charge < -0.3 is 28.2 Å². The normalized spacial score (nSPS) is 12.3. The van der Waals surface area contributed by atoms with Crippen molar-refractivity contribution in [3.05, 3.63) is 47.5 Å². The predicted molar refractivity (Wildman–Crippen MR) is 124 cm³/mol. The topological polar surface area (TPSA) is 103 Å². The molecule has 2 aromatic carbocycles. The number of Topliss-reactive ketones (excluding diaryl/α,β-unsaturated/α-hetero) is 1. The third-order valence-electron chi connectivity index (χ3n) is 5.02. The molecule has 0 bridgehead atoms. The summed E-state index contributed by atoms with van der Waals surface area (Å²) in [6.45, 7) is 2.19. The van der Waals surface area contributed by atoms with E-state index in [9.17, 15) is 14.3 Å². The SMILES string of the molecule is CCCCCCOP(=O)([O-])Oc1ccc(CCC(=O)c2c(OC)cc(OC)cc2OC)cc1.[Na+]. The molecule has 182 valence electrons. The number of carbonyl (C=O) groups is 1. The van der Waals surface area contributed by atoms with E-state index >= 15 is 0 Å². The molecule has 10 heteroatoms. The molecular weight excluding hydrogens is 470 g/mol. The maximum Gasteiger partial charge on any atom is 1.00 e. The second kappa shape index (κ2) is 15.5. The van der Waals surface area contributed by atoms with Crippen LogP contribution in [0.2, 0.25) is 0 Å². The van der Waals surface area contributed by atoms with Crippen molar-refractivity contribution in [3.8, 4) is 23.0 Å². The Hall–Kier alpha value is -1.54. The molecule has 0 spiro atoms. The summed E-state index contributed by atoms with van der Waals surface area (Å²) in [5.74, 6) is 1.29. The van der Waals surface area contributed by atoms with Crippen LogP contribution in [-0.4, -0.2) is 33.7 Å². The summed E-state index contributed by atoms with van der Waals surface area (Å²) < 4.78 is 37.8. The summed E-state index contributed by atoms with van der Waals surface area (Å²) in [4.78, 5) is 24.8. The van der Waals surface area contributed by atoms with Crippen LogP contribution in [-0.2, 0) is 15.5 Å². The number of unbranched alkanes of at least 4 members (excludes halogenated alkanes) is 3. The summed E-state index contributed by atoms with van der Waals surface area (Å²) in [6, 6.07) is 9.78. The molecule has 8 nitrogen and oxygen atoms in total. The van der Waals surface area contributed by atoms with E-state index in [-0.39, 0.29) is 54.1 Å². The Labute approximate surface area is 223 Å². The first-order valence-electron chi connectivity index (χ1n) is 10.9. The van der Waals surface area contributed by atoms with Crippen molar-refractivity contribution in [2.75, 3.05) is 27.9 Å². The van der Waals surface area contributed by atoms with Gasteiger partial charge >= 0.3 is 37.4 Å². The van der Waals surface area contributed by atoms with Crippen LogP contribution in [0, 0.1) is 0 Å². The Morgan fingerprint density at radius 2 is 1.53 bits per heavy atom. The van der Waals surface area contributed by atoms with Crippen molar-refractivity contribution in [2.45, 2.75) is 45.4 Å². The zero-order valence-electron chi connectivity index (χ0n) is 20.6. The van der Waals surface area contributed by atoms with Gasteiger partial charge in [-0.05, 0) is 30.5 Å². The van der Waals surface area contributed by atoms with Gasteiger partial charge in [-0.2, -0.15) is 0 Å². The van der Waals surface area contributed by atoms with Gasteiger partial charge in [-0.1, -0.05) is 38.3 Å². The van der Waals surface area contributed by atoms with Crippen LogP contribution < -0.4 is 53.2 Å². The Morgan fingerprint density at radius 3 is 2.06 bits per heavy atom. The van der Waals surface area contributed by atoms with E-state index < -0.39 is 7.82 Å². The zero-order valence-corrected chi connectivity index (χ0v) is 23.5. The fourth-order valence-electron chi connectivity index (χ4n) is 3.24. The molecule has 0 amide bonds. The number of rotatable bonds is 15. The predicted octanol–water partition coefficient (Wildman–Crippen LogP) is 1.98. The Kier molecular flexibility index (Phi) is 13.9. The number of hydrogen-bond acceptors (Lipinski definition) is 8. The quantitative estimate of drug-likeness (QED) is 0.158. The first-order valence-corrected chi connectivity index (χ1v) is 12.4. The molecule has 0 aliphatic heterocycles. The van der Waals surface area contributed by atoms with Gasteiger partial charge in [0.05, 0.1) is 27.9 Å². The van der Waals surface area contributed by atoms with Gasteiger partial charge in [0.1, 0.15) is 28.6 Å². The van der Waals surface area contributed by atoms with Gasteiger partial charge in [-0.15, -0.1) is 0 Å². The maximum absolute atomic E-state index is 12.9. The van der Waals surface area contributed by atoms with Crippen LogP contribution in [0.1, 0.15) is 54.9 Å². The molecule has 0 radical (unpaired) electrons. The minimum atomic E-state index is -4.42. The van der Waals surface area contributed by atoms with E-state index in [0.29, 0.717) is 35.7 Å². The molecule has 0 saturated heterocycles. The van der Waals surface area contributed by atoms with Crippen LogP contribution >= 0.6 is 7.82 Å². The van der Waals surface area contributed by atoms with E-state index in [1.165, 1.54) is 21.3 Å². The average molecular weight is 502 g/mol. The summed E-state index contributed by atoms with van der Waals surface area (Å²) in [5.41, 5.74) is 1.20. The molecule has 1 unspecified atom stereocenters. The van der Waals surface area contributed by atoms with Crippen LogP contribution in [0.3, 0.4) is 0 Å². The molecule has 2 aromatic rings. The van der Waals surface area contributed by atoms with Crippen molar-refractivity contribution in [2.24, 2.45) is 0 Å². The fourth-order valence-corrected chi connectivity index (χ4v) is 4.03. The van der Waals surface area contributed by atoms with Gasteiger partial charge in [0.15, 0.2) is 5.78 Å². The molecular formula is C24H32NaO8P. The van der Waals surface area contributed by atoms with Crippen molar-refractivity contribution < 1.29 is 67.1 Å². The number of phosphoric acid groups is 1. The number of methoxy groups -OCH3 is 3. The molecule has 0 aliphatic rings. The van der Waals surface area contributed by atoms with Crippen molar-refractivity contribution in [1.29, 1.82) is 0 Å². The van der Waals surface area contributed by atoms with Gasteiger partial charge in [-0.3, -0.25) is 9.36 Å². The summed E-state index contributed by atoms with van der Waals surface area (Å²) >= 11 is 0. The van der Waals surface area contributed by atoms with Crippen molar-refractivity contribution in [1.82, 2.24) is 0 Å². The molecule has 0 aromatic heterocycles. The number of ketones is 1. The van der Waals surface area contributed by atoms with E-state index in [1.54, 1.807) is 36.4 Å². The van der Waals surface area contributed by atoms with Gasteiger partial charge in [-0.25, -0.2) is 0 Å². The molecule has 0 fully saturated rings. The largest absolute Gasteiger partial charge is 1.00 e. The third kappa shape index (κ3) is 9.61. The maximum atomic E-state index is 12.9. The third-order valence-corrected chi connectivity index (χ3v) is 5.96. The second-order valence-electron chi connectivity index (χ2n) is 7.41. The molecule has 2 rings (SSSR count). The fraction of sp³-hybridized carbons (Fsp3) is 0.458. The van der Waals surface area contributed by atoms with E-state index in [4.69, 9.17) is 23.3 Å². The summed E-state index contributed by atoms with van der Waals surface area (Å²) in [5, 5.41) is 0. The standard InChI is InChI=1S/C24H33O8P.Na/c1-5-6-7-8-15-31-33(26,27)32-19-12-9-18(10-13-19)11-14-21(25)24-22(29-3)16-20(28-2)17-23(24)30-4;/h9-10,12-13,16-17H,5-8,11,14-15H2,1-4H3,(H,26,27);/q;+1/p-1. The number of hydrogen-bond donors (Lipinski definition) is 0. The molecule has 0 N–H and O–H groups in total. The number of phosphoric ester groups is 1. The number of carbonyl (C=O) groups excluding carboxylic acids is 1. The first-order chi connectivity index (χ1) is 15.8. The smallest absolute Gasteiger partial charge is 0.746 e. The van der Waals surface area contributed by atoms with Gasteiger partial charge in [0, 0.05) is 18.6 Å². The molecule has 0 saturated carbocycles.